The smallest absolute Gasteiger partial charge is 0.193 e. The molecule has 1 aromatic carbocycles. The molecule has 1 unspecified atom stereocenters. The topological polar surface area (TPSA) is 44.0 Å². The maximum atomic E-state index is 5.91. The molecular weight excluding hydrogens is 451 g/mol. The zero-order valence-electron chi connectivity index (χ0n) is 16.2. The molecule has 0 spiro atoms. The summed E-state index contributed by atoms with van der Waals surface area (Å²) in [6.45, 7) is 8.58. The molecule has 27 heavy (non-hydrogen) atoms. The summed E-state index contributed by atoms with van der Waals surface area (Å²) < 4.78 is 5.91. The van der Waals surface area contributed by atoms with Gasteiger partial charge in [0.1, 0.15) is 11.3 Å². The van der Waals surface area contributed by atoms with Crippen molar-refractivity contribution >= 4 is 40.9 Å². The first kappa shape index (κ1) is 20.5. The fraction of sp³-hybridized carbons (Fsp3) is 0.571. The highest BCUT2D eigenvalue weighted by atomic mass is 127. The molecule has 2 fully saturated rings. The van der Waals surface area contributed by atoms with Crippen molar-refractivity contribution in [2.45, 2.75) is 38.6 Å². The molecule has 1 atom stereocenters. The largest absolute Gasteiger partial charge is 0.461 e. The van der Waals surface area contributed by atoms with Gasteiger partial charge in [-0.15, -0.1) is 24.0 Å². The van der Waals surface area contributed by atoms with Crippen LogP contribution in [0.4, 0.5) is 0 Å². The second kappa shape index (κ2) is 9.78. The molecule has 4 rings (SSSR count). The SMILES string of the molecule is CCNC(=NCCc1cc2ccccc2o1)N1CCC(N2CCCC2)C1.I. The number of hydrogen-bond acceptors (Lipinski definition) is 3. The van der Waals surface area contributed by atoms with Crippen molar-refractivity contribution < 1.29 is 4.42 Å². The summed E-state index contributed by atoms with van der Waals surface area (Å²) >= 11 is 0. The summed E-state index contributed by atoms with van der Waals surface area (Å²) in [6.07, 6.45) is 4.82. The Balaban J connectivity index is 0.00000210. The van der Waals surface area contributed by atoms with Gasteiger partial charge in [0.05, 0.1) is 0 Å². The fourth-order valence-electron chi connectivity index (χ4n) is 4.20. The van der Waals surface area contributed by atoms with Gasteiger partial charge in [-0.05, 0) is 51.4 Å². The van der Waals surface area contributed by atoms with Gasteiger partial charge in [0.15, 0.2) is 5.96 Å². The molecule has 5 nitrogen and oxygen atoms in total. The average molecular weight is 482 g/mol. The first-order chi connectivity index (χ1) is 12.8. The van der Waals surface area contributed by atoms with E-state index in [0.29, 0.717) is 6.04 Å². The summed E-state index contributed by atoms with van der Waals surface area (Å²) in [6, 6.07) is 11.0. The Hall–Kier alpha value is -1.28. The van der Waals surface area contributed by atoms with Crippen molar-refractivity contribution in [1.29, 1.82) is 0 Å². The molecule has 2 aliphatic rings. The minimum absolute atomic E-state index is 0. The number of fused-ring (bicyclic) bond motifs is 1. The number of nitrogens with zero attached hydrogens (tertiary/aromatic N) is 3. The second-order valence-electron chi connectivity index (χ2n) is 7.37. The monoisotopic (exact) mass is 482 g/mol. The number of likely N-dealkylation sites (tertiary alicyclic amines) is 2. The number of rotatable bonds is 5. The van der Waals surface area contributed by atoms with E-state index in [2.05, 4.69) is 34.2 Å². The van der Waals surface area contributed by atoms with Crippen LogP contribution in [-0.2, 0) is 6.42 Å². The van der Waals surface area contributed by atoms with Gasteiger partial charge in [-0.1, -0.05) is 18.2 Å². The van der Waals surface area contributed by atoms with Crippen molar-refractivity contribution in [1.82, 2.24) is 15.1 Å². The minimum atomic E-state index is 0. The number of benzene rings is 1. The lowest BCUT2D eigenvalue weighted by molar-refractivity contribution is 0.249. The maximum Gasteiger partial charge on any atom is 0.193 e. The van der Waals surface area contributed by atoms with E-state index < -0.39 is 0 Å². The second-order valence-corrected chi connectivity index (χ2v) is 7.37. The van der Waals surface area contributed by atoms with Gasteiger partial charge in [0, 0.05) is 44.0 Å². The Kier molecular flexibility index (Phi) is 7.41. The Morgan fingerprint density at radius 2 is 2.04 bits per heavy atom. The van der Waals surface area contributed by atoms with E-state index in [0.717, 1.165) is 49.9 Å². The molecule has 0 saturated carbocycles. The van der Waals surface area contributed by atoms with Crippen LogP contribution < -0.4 is 5.32 Å². The number of aliphatic imine (C=N–C) groups is 1. The van der Waals surface area contributed by atoms with E-state index in [1.807, 2.05) is 18.2 Å². The molecule has 2 aromatic rings. The number of guanidine groups is 1. The van der Waals surface area contributed by atoms with E-state index in [4.69, 9.17) is 9.41 Å². The van der Waals surface area contributed by atoms with E-state index in [1.54, 1.807) is 0 Å². The standard InChI is InChI=1S/C21H30N4O.HI/c1-2-22-21(25-14-10-18(16-25)24-12-5-6-13-24)23-11-9-19-15-17-7-3-4-8-20(17)26-19;/h3-4,7-8,15,18H,2,5-6,9-14,16H2,1H3,(H,22,23);1H. The Morgan fingerprint density at radius 3 is 2.81 bits per heavy atom. The fourth-order valence-corrected chi connectivity index (χ4v) is 4.20. The summed E-state index contributed by atoms with van der Waals surface area (Å²) in [5.74, 6) is 2.08. The third-order valence-electron chi connectivity index (χ3n) is 5.55. The van der Waals surface area contributed by atoms with E-state index in [-0.39, 0.29) is 24.0 Å². The van der Waals surface area contributed by atoms with Crippen LogP contribution in [0.1, 0.15) is 31.9 Å². The predicted molar refractivity (Wildman–Crippen MR) is 122 cm³/mol. The van der Waals surface area contributed by atoms with Crippen molar-refractivity contribution in [3.05, 3.63) is 36.1 Å². The first-order valence-corrected chi connectivity index (χ1v) is 10.1. The van der Waals surface area contributed by atoms with Gasteiger partial charge in [0.25, 0.3) is 0 Å². The molecule has 0 aliphatic carbocycles. The molecule has 1 aromatic heterocycles. The van der Waals surface area contributed by atoms with Crippen LogP contribution in [0.3, 0.4) is 0 Å². The molecule has 2 saturated heterocycles. The van der Waals surface area contributed by atoms with Crippen LogP contribution >= 0.6 is 24.0 Å². The first-order valence-electron chi connectivity index (χ1n) is 10.1. The number of halogens is 1. The van der Waals surface area contributed by atoms with Gasteiger partial charge < -0.3 is 14.6 Å². The Morgan fingerprint density at radius 1 is 1.22 bits per heavy atom. The number of hydrogen-bond donors (Lipinski definition) is 1. The maximum absolute atomic E-state index is 5.91. The molecule has 3 heterocycles. The molecule has 6 heteroatoms. The third kappa shape index (κ3) is 4.96. The van der Waals surface area contributed by atoms with Crippen LogP contribution in [0.5, 0.6) is 0 Å². The van der Waals surface area contributed by atoms with Gasteiger partial charge in [-0.2, -0.15) is 0 Å². The summed E-state index contributed by atoms with van der Waals surface area (Å²) in [5.41, 5.74) is 0.964. The minimum Gasteiger partial charge on any atom is -0.461 e. The van der Waals surface area contributed by atoms with E-state index in [9.17, 15) is 0 Å². The summed E-state index contributed by atoms with van der Waals surface area (Å²) in [7, 11) is 0. The van der Waals surface area contributed by atoms with Crippen LogP contribution in [-0.4, -0.2) is 61.1 Å². The number of para-hydroxylation sites is 1. The van der Waals surface area contributed by atoms with E-state index >= 15 is 0 Å². The lowest BCUT2D eigenvalue weighted by Gasteiger charge is -2.25. The Labute approximate surface area is 179 Å². The Bertz CT molecular complexity index is 720. The lowest BCUT2D eigenvalue weighted by Crippen LogP contribution is -2.42. The van der Waals surface area contributed by atoms with Crippen molar-refractivity contribution in [3.63, 3.8) is 0 Å². The van der Waals surface area contributed by atoms with Crippen LogP contribution in [0.2, 0.25) is 0 Å². The zero-order chi connectivity index (χ0) is 17.8. The van der Waals surface area contributed by atoms with Gasteiger partial charge in [-0.25, -0.2) is 0 Å². The van der Waals surface area contributed by atoms with Gasteiger partial charge >= 0.3 is 0 Å². The molecule has 2 aliphatic heterocycles. The number of nitrogens with one attached hydrogen (secondary N) is 1. The van der Waals surface area contributed by atoms with Crippen LogP contribution in [0.25, 0.3) is 11.0 Å². The van der Waals surface area contributed by atoms with Gasteiger partial charge in [0.2, 0.25) is 0 Å². The molecular formula is C21H31IN4O. The van der Waals surface area contributed by atoms with Crippen molar-refractivity contribution in [3.8, 4) is 0 Å². The molecule has 0 radical (unpaired) electrons. The highest BCUT2D eigenvalue weighted by Crippen LogP contribution is 2.21. The molecule has 148 valence electrons. The zero-order valence-corrected chi connectivity index (χ0v) is 18.5. The third-order valence-corrected chi connectivity index (χ3v) is 5.55. The predicted octanol–water partition coefficient (Wildman–Crippen LogP) is 3.73. The highest BCUT2D eigenvalue weighted by Gasteiger charge is 2.30. The quantitative estimate of drug-likeness (QED) is 0.401. The summed E-state index contributed by atoms with van der Waals surface area (Å²) in [5, 5.41) is 4.65. The average Bonchev–Trinajstić information content (AvgIpc) is 3.39. The molecule has 1 N–H and O–H groups in total. The van der Waals surface area contributed by atoms with Crippen molar-refractivity contribution in [2.75, 3.05) is 39.3 Å². The normalized spacial score (nSPS) is 21.0. The van der Waals surface area contributed by atoms with E-state index in [1.165, 1.54) is 37.7 Å². The molecule has 0 amide bonds. The van der Waals surface area contributed by atoms with Crippen molar-refractivity contribution in [2.24, 2.45) is 4.99 Å². The van der Waals surface area contributed by atoms with Crippen LogP contribution in [0.15, 0.2) is 39.7 Å². The summed E-state index contributed by atoms with van der Waals surface area (Å²) in [4.78, 5) is 9.98. The van der Waals surface area contributed by atoms with Gasteiger partial charge in [-0.3, -0.25) is 9.89 Å². The van der Waals surface area contributed by atoms with Crippen LogP contribution in [0, 0.1) is 0 Å². The number of furan rings is 1. The lowest BCUT2D eigenvalue weighted by atomic mass is 10.2. The highest BCUT2D eigenvalue weighted by molar-refractivity contribution is 14.0. The molecule has 0 bridgehead atoms.